The maximum atomic E-state index is 13.1. The van der Waals surface area contributed by atoms with E-state index in [2.05, 4.69) is 26.0 Å². The number of hydrogen-bond acceptors (Lipinski definition) is 14. The van der Waals surface area contributed by atoms with Gasteiger partial charge in [0, 0.05) is 13.0 Å². The van der Waals surface area contributed by atoms with E-state index in [9.17, 15) is 40.5 Å². The van der Waals surface area contributed by atoms with E-state index in [4.69, 9.17) is 28.4 Å². The lowest BCUT2D eigenvalue weighted by molar-refractivity contribution is -0.332. The molecular formula is C63H120O14. The van der Waals surface area contributed by atoms with Gasteiger partial charge in [0.25, 0.3) is 0 Å². The molecule has 2 aliphatic heterocycles. The Hall–Kier alpha value is -1.27. The number of ether oxygens (including phenoxy) is 6. The predicted molar refractivity (Wildman–Crippen MR) is 307 cm³/mol. The zero-order chi connectivity index (χ0) is 55.8. The third-order valence-corrected chi connectivity index (χ3v) is 15.8. The van der Waals surface area contributed by atoms with Crippen LogP contribution in [0.4, 0.5) is 0 Å². The number of aliphatic hydroxyl groups excluding tert-OH is 7. The van der Waals surface area contributed by atoms with Crippen molar-refractivity contribution in [1.82, 2.24) is 0 Å². The van der Waals surface area contributed by atoms with E-state index in [0.717, 1.165) is 44.9 Å². The molecule has 11 atom stereocenters. The number of hydrogen-bond donors (Lipinski definition) is 7. The number of rotatable bonds is 54. The van der Waals surface area contributed by atoms with Crippen molar-refractivity contribution >= 4 is 5.97 Å². The summed E-state index contributed by atoms with van der Waals surface area (Å²) in [6.45, 7) is 3.75. The SMILES string of the molecule is CCCCCCCC/C=C\CCCCCCCCCC(=O)OC(COCCCCCCCCCCCCCCCCCCCCCCCCCCCC)COC1OC(COC2OC(CO)C(O)C(O)C2O)C(O)C(O)C1O. The Bertz CT molecular complexity index is 1320. The smallest absolute Gasteiger partial charge is 0.306 e. The lowest BCUT2D eigenvalue weighted by Gasteiger charge is -2.42. The van der Waals surface area contributed by atoms with Gasteiger partial charge in [-0.05, 0) is 38.5 Å². The summed E-state index contributed by atoms with van der Waals surface area (Å²) in [6.07, 6.45) is 41.4. The van der Waals surface area contributed by atoms with E-state index in [1.807, 2.05) is 0 Å². The van der Waals surface area contributed by atoms with Crippen molar-refractivity contribution in [2.24, 2.45) is 0 Å². The van der Waals surface area contributed by atoms with Gasteiger partial charge in [0.15, 0.2) is 12.6 Å². The van der Waals surface area contributed by atoms with Gasteiger partial charge in [0.1, 0.15) is 54.9 Å². The summed E-state index contributed by atoms with van der Waals surface area (Å²) in [7, 11) is 0. The maximum Gasteiger partial charge on any atom is 0.306 e. The van der Waals surface area contributed by atoms with Crippen molar-refractivity contribution in [2.75, 3.05) is 33.0 Å². The molecular weight excluding hydrogens is 981 g/mol. The van der Waals surface area contributed by atoms with Crippen molar-refractivity contribution in [3.63, 3.8) is 0 Å². The molecule has 0 aliphatic carbocycles. The number of allylic oxidation sites excluding steroid dienone is 2. The Kier molecular flexibility index (Phi) is 47.1. The molecule has 0 radical (unpaired) electrons. The first-order valence-electron chi connectivity index (χ1n) is 32.3. The first-order valence-corrected chi connectivity index (χ1v) is 32.3. The first-order chi connectivity index (χ1) is 37.6. The largest absolute Gasteiger partial charge is 0.457 e. The highest BCUT2D eigenvalue weighted by atomic mass is 16.7. The van der Waals surface area contributed by atoms with Crippen LogP contribution >= 0.6 is 0 Å². The number of carbonyl (C=O) groups excluding carboxylic acids is 1. The molecule has 14 nitrogen and oxygen atoms in total. The van der Waals surface area contributed by atoms with Gasteiger partial charge in [-0.3, -0.25) is 4.79 Å². The fraction of sp³-hybridized carbons (Fsp3) is 0.952. The lowest BCUT2D eigenvalue weighted by Crippen LogP contribution is -2.61. The standard InChI is InChI=1S/C63H120O14/c1-3-5-7-9-11-13-15-17-19-21-22-23-24-25-26-27-28-29-31-33-35-37-39-41-43-45-47-72-49-52(75-55(65)46-44-42-40-38-36-34-32-30-20-18-16-14-12-10-8-6-4-2)50-73-62-61(71)59(69)57(67)54(77-62)51-74-63-60(70)58(68)56(66)53(48-64)76-63/h18,20,52-54,56-64,66-71H,3-17,19,21-51H2,1-2H3/b20-18-. The van der Waals surface area contributed by atoms with Gasteiger partial charge in [0.05, 0.1) is 26.4 Å². The van der Waals surface area contributed by atoms with E-state index in [-0.39, 0.29) is 25.6 Å². The Morgan fingerprint density at radius 3 is 1.18 bits per heavy atom. The maximum absolute atomic E-state index is 13.1. The van der Waals surface area contributed by atoms with Gasteiger partial charge in [0.2, 0.25) is 0 Å². The van der Waals surface area contributed by atoms with Gasteiger partial charge in [-0.15, -0.1) is 0 Å². The molecule has 0 saturated carbocycles. The first kappa shape index (κ1) is 71.8. The van der Waals surface area contributed by atoms with Crippen LogP contribution in [0.15, 0.2) is 12.2 Å². The molecule has 0 aromatic carbocycles. The minimum absolute atomic E-state index is 0.0665. The number of aliphatic hydroxyl groups is 7. The Morgan fingerprint density at radius 1 is 0.416 bits per heavy atom. The van der Waals surface area contributed by atoms with Gasteiger partial charge in [-0.2, -0.15) is 0 Å². The summed E-state index contributed by atoms with van der Waals surface area (Å²) in [5.41, 5.74) is 0. The van der Waals surface area contributed by atoms with Gasteiger partial charge >= 0.3 is 5.97 Å². The van der Waals surface area contributed by atoms with Crippen molar-refractivity contribution in [1.29, 1.82) is 0 Å². The quantitative estimate of drug-likeness (QED) is 0.0172. The summed E-state index contributed by atoms with van der Waals surface area (Å²) in [5, 5.41) is 72.4. The number of esters is 1. The van der Waals surface area contributed by atoms with Crippen molar-refractivity contribution in [2.45, 2.75) is 351 Å². The van der Waals surface area contributed by atoms with Crippen molar-refractivity contribution in [3.8, 4) is 0 Å². The fourth-order valence-corrected chi connectivity index (χ4v) is 10.6. The van der Waals surface area contributed by atoms with Crippen LogP contribution in [-0.2, 0) is 33.2 Å². The molecule has 77 heavy (non-hydrogen) atoms. The predicted octanol–water partition coefficient (Wildman–Crippen LogP) is 12.5. The highest BCUT2D eigenvalue weighted by molar-refractivity contribution is 5.69. The van der Waals surface area contributed by atoms with Crippen LogP contribution in [0.5, 0.6) is 0 Å². The average molecular weight is 1100 g/mol. The lowest BCUT2D eigenvalue weighted by atomic mass is 9.98. The Labute approximate surface area is 469 Å². The zero-order valence-corrected chi connectivity index (χ0v) is 49.2. The van der Waals surface area contributed by atoms with Gasteiger partial charge in [-0.25, -0.2) is 0 Å². The number of unbranched alkanes of at least 4 members (excludes halogenated alkanes) is 38. The van der Waals surface area contributed by atoms with Crippen LogP contribution in [0.25, 0.3) is 0 Å². The molecule has 2 heterocycles. The van der Waals surface area contributed by atoms with Crippen LogP contribution < -0.4 is 0 Å². The van der Waals surface area contributed by atoms with E-state index in [1.165, 1.54) is 212 Å². The molecule has 7 N–H and O–H groups in total. The molecule has 2 rings (SSSR count). The number of carbonyl (C=O) groups is 1. The van der Waals surface area contributed by atoms with Crippen molar-refractivity contribution in [3.05, 3.63) is 12.2 Å². The average Bonchev–Trinajstić information content (AvgIpc) is 3.43. The van der Waals surface area contributed by atoms with Crippen LogP contribution in [0.2, 0.25) is 0 Å². The zero-order valence-electron chi connectivity index (χ0n) is 49.2. The molecule has 456 valence electrons. The van der Waals surface area contributed by atoms with Crippen LogP contribution in [0.3, 0.4) is 0 Å². The second-order valence-corrected chi connectivity index (χ2v) is 22.9. The molecule has 2 saturated heterocycles. The second-order valence-electron chi connectivity index (χ2n) is 22.9. The minimum Gasteiger partial charge on any atom is -0.457 e. The highest BCUT2D eigenvalue weighted by Gasteiger charge is 2.47. The van der Waals surface area contributed by atoms with E-state index in [0.29, 0.717) is 13.0 Å². The van der Waals surface area contributed by atoms with Crippen LogP contribution in [0, 0.1) is 0 Å². The van der Waals surface area contributed by atoms with E-state index in [1.54, 1.807) is 0 Å². The van der Waals surface area contributed by atoms with Gasteiger partial charge < -0.3 is 64.2 Å². The molecule has 0 amide bonds. The van der Waals surface area contributed by atoms with Gasteiger partial charge in [-0.1, -0.05) is 251 Å². The molecule has 0 aromatic heterocycles. The molecule has 0 bridgehead atoms. The van der Waals surface area contributed by atoms with E-state index < -0.39 is 80.7 Å². The summed E-state index contributed by atoms with van der Waals surface area (Å²) >= 11 is 0. The Morgan fingerprint density at radius 2 is 0.766 bits per heavy atom. The van der Waals surface area contributed by atoms with Crippen LogP contribution in [-0.4, -0.2) is 142 Å². The molecule has 14 heteroatoms. The molecule has 0 spiro atoms. The third-order valence-electron chi connectivity index (χ3n) is 15.8. The second kappa shape index (κ2) is 50.5. The topological polar surface area (TPSA) is 214 Å². The molecule has 11 unspecified atom stereocenters. The summed E-state index contributed by atoms with van der Waals surface area (Å²) < 4.78 is 34.5. The monoisotopic (exact) mass is 1100 g/mol. The Balaban J connectivity index is 1.64. The third kappa shape index (κ3) is 36.7. The molecule has 2 fully saturated rings. The van der Waals surface area contributed by atoms with Crippen LogP contribution in [0.1, 0.15) is 284 Å². The minimum atomic E-state index is -1.70. The summed E-state index contributed by atoms with van der Waals surface area (Å²) in [5.74, 6) is -0.374. The summed E-state index contributed by atoms with van der Waals surface area (Å²) in [4.78, 5) is 13.1. The molecule has 0 aromatic rings. The fourth-order valence-electron chi connectivity index (χ4n) is 10.6. The highest BCUT2D eigenvalue weighted by Crippen LogP contribution is 2.27. The molecule has 2 aliphatic rings. The van der Waals surface area contributed by atoms with Crippen molar-refractivity contribution < 1.29 is 69.0 Å². The normalized spacial score (nSPS) is 24.3. The summed E-state index contributed by atoms with van der Waals surface area (Å²) in [6, 6.07) is 0. The van der Waals surface area contributed by atoms with E-state index >= 15 is 0 Å².